The van der Waals surface area contributed by atoms with Crippen molar-refractivity contribution < 1.29 is 14.3 Å². The molecule has 1 saturated heterocycles. The minimum absolute atomic E-state index is 0.0412. The van der Waals surface area contributed by atoms with Gasteiger partial charge in [-0.05, 0) is 54.8 Å². The largest absolute Gasteiger partial charge is 0.444 e. The van der Waals surface area contributed by atoms with E-state index in [4.69, 9.17) is 4.74 Å². The van der Waals surface area contributed by atoms with Crippen LogP contribution in [0.2, 0.25) is 0 Å². The number of hydrogen-bond donors (Lipinski definition) is 1. The molecule has 0 radical (unpaired) electrons. The van der Waals surface area contributed by atoms with Gasteiger partial charge in [-0.3, -0.25) is 4.79 Å². The number of carbonyl (C=O) groups excluding carboxylic acids is 2. The topological polar surface area (TPSA) is 58.6 Å². The number of carbonyl (C=O) groups is 2. The van der Waals surface area contributed by atoms with E-state index in [0.717, 1.165) is 15.7 Å². The molecule has 2 heterocycles. The Bertz CT molecular complexity index is 653. The molecule has 1 spiro atoms. The summed E-state index contributed by atoms with van der Waals surface area (Å²) < 4.78 is 6.28. The van der Waals surface area contributed by atoms with Gasteiger partial charge in [0.1, 0.15) is 5.60 Å². The number of anilines is 1. The van der Waals surface area contributed by atoms with Gasteiger partial charge in [-0.2, -0.15) is 0 Å². The molecule has 2 aliphatic rings. The number of benzene rings is 1. The Hall–Kier alpha value is -1.56. The number of rotatable bonds is 0. The van der Waals surface area contributed by atoms with Crippen molar-refractivity contribution in [1.82, 2.24) is 4.90 Å². The van der Waals surface area contributed by atoms with Crippen molar-refractivity contribution in [2.24, 2.45) is 0 Å². The van der Waals surface area contributed by atoms with E-state index in [9.17, 15) is 9.59 Å². The first-order chi connectivity index (χ1) is 10.2. The number of nitrogens with one attached hydrogen (secondary N) is 1. The standard InChI is InChI=1S/C16H19BrN2O3/c1-15(2,3)22-14(21)19-8-7-16(9-19)10-5-4-6-11(17)12(10)18-13(16)20/h4-6H,7-9H2,1-3H3,(H,18,20)/t16-/m1/s1. The molecule has 1 aromatic rings. The average Bonchev–Trinajstić information content (AvgIpc) is 2.95. The molecule has 1 aromatic carbocycles. The van der Waals surface area contributed by atoms with Crippen LogP contribution in [0, 0.1) is 0 Å². The minimum atomic E-state index is -0.657. The van der Waals surface area contributed by atoms with Gasteiger partial charge in [0.15, 0.2) is 0 Å². The predicted molar refractivity (Wildman–Crippen MR) is 86.9 cm³/mol. The van der Waals surface area contributed by atoms with Crippen LogP contribution in [0.1, 0.15) is 32.8 Å². The summed E-state index contributed by atoms with van der Waals surface area (Å²) in [4.78, 5) is 26.4. The number of hydrogen-bond acceptors (Lipinski definition) is 3. The molecule has 1 N–H and O–H groups in total. The second kappa shape index (κ2) is 4.98. The van der Waals surface area contributed by atoms with E-state index in [2.05, 4.69) is 21.2 Å². The van der Waals surface area contributed by atoms with Gasteiger partial charge in [0, 0.05) is 17.6 Å². The van der Waals surface area contributed by atoms with Crippen molar-refractivity contribution in [3.8, 4) is 0 Å². The van der Waals surface area contributed by atoms with Gasteiger partial charge in [0.05, 0.1) is 11.1 Å². The molecular formula is C16H19BrN2O3. The molecular weight excluding hydrogens is 348 g/mol. The molecule has 0 bridgehead atoms. The number of likely N-dealkylation sites (tertiary alicyclic amines) is 1. The maximum absolute atomic E-state index is 12.6. The average molecular weight is 367 g/mol. The first kappa shape index (κ1) is 15.3. The summed E-state index contributed by atoms with van der Waals surface area (Å²) in [5.41, 5.74) is 0.582. The van der Waals surface area contributed by atoms with Crippen LogP contribution in [0.25, 0.3) is 0 Å². The Labute approximate surface area is 138 Å². The summed E-state index contributed by atoms with van der Waals surface area (Å²) in [5.74, 6) is -0.0412. The van der Waals surface area contributed by atoms with Crippen LogP contribution in [0.4, 0.5) is 10.5 Å². The van der Waals surface area contributed by atoms with Crippen molar-refractivity contribution in [2.45, 2.75) is 38.2 Å². The lowest BCUT2D eigenvalue weighted by Gasteiger charge is -2.26. The zero-order valence-corrected chi connectivity index (χ0v) is 14.5. The van der Waals surface area contributed by atoms with Gasteiger partial charge >= 0.3 is 6.09 Å². The van der Waals surface area contributed by atoms with Crippen LogP contribution in [0.3, 0.4) is 0 Å². The van der Waals surface area contributed by atoms with E-state index in [1.54, 1.807) is 4.90 Å². The van der Waals surface area contributed by atoms with Crippen LogP contribution in [-0.4, -0.2) is 35.6 Å². The number of halogens is 1. The summed E-state index contributed by atoms with van der Waals surface area (Å²) in [5, 5.41) is 2.94. The van der Waals surface area contributed by atoms with Gasteiger partial charge < -0.3 is 15.0 Å². The number of fused-ring (bicyclic) bond motifs is 2. The highest BCUT2D eigenvalue weighted by Gasteiger charge is 2.53. The molecule has 22 heavy (non-hydrogen) atoms. The Kier molecular flexibility index (Phi) is 3.47. The number of nitrogens with zero attached hydrogens (tertiary/aromatic N) is 1. The first-order valence-corrected chi connectivity index (χ1v) is 8.11. The number of para-hydroxylation sites is 1. The summed E-state index contributed by atoms with van der Waals surface area (Å²) in [6.45, 7) is 6.40. The Morgan fingerprint density at radius 1 is 1.41 bits per heavy atom. The van der Waals surface area contributed by atoms with Crippen molar-refractivity contribution in [2.75, 3.05) is 18.4 Å². The van der Waals surface area contributed by atoms with Crippen molar-refractivity contribution in [1.29, 1.82) is 0 Å². The lowest BCUT2D eigenvalue weighted by molar-refractivity contribution is -0.120. The SMILES string of the molecule is CC(C)(C)OC(=O)N1CC[C@]2(C1)C(=O)Nc1c(Br)cccc12. The first-order valence-electron chi connectivity index (χ1n) is 7.31. The van der Waals surface area contributed by atoms with Crippen LogP contribution >= 0.6 is 15.9 Å². The summed E-state index contributed by atoms with van der Waals surface area (Å²) in [7, 11) is 0. The minimum Gasteiger partial charge on any atom is -0.444 e. The van der Waals surface area contributed by atoms with Crippen LogP contribution < -0.4 is 5.32 Å². The van der Waals surface area contributed by atoms with E-state index in [1.807, 2.05) is 39.0 Å². The van der Waals surface area contributed by atoms with Crippen molar-refractivity contribution in [3.05, 3.63) is 28.2 Å². The smallest absolute Gasteiger partial charge is 0.410 e. The molecule has 0 saturated carbocycles. The highest BCUT2D eigenvalue weighted by Crippen LogP contribution is 2.46. The molecule has 118 valence electrons. The fourth-order valence-corrected chi connectivity index (χ4v) is 3.57. The fourth-order valence-electron chi connectivity index (χ4n) is 3.10. The van der Waals surface area contributed by atoms with Gasteiger partial charge in [0.25, 0.3) is 0 Å². The van der Waals surface area contributed by atoms with Crippen LogP contribution in [0.15, 0.2) is 22.7 Å². The Balaban J connectivity index is 1.87. The third kappa shape index (κ3) is 2.39. The lowest BCUT2D eigenvalue weighted by atomic mass is 9.81. The molecule has 0 aromatic heterocycles. The van der Waals surface area contributed by atoms with Gasteiger partial charge in [-0.15, -0.1) is 0 Å². The summed E-state index contributed by atoms with van der Waals surface area (Å²) in [6, 6.07) is 5.77. The quantitative estimate of drug-likeness (QED) is 0.766. The zero-order valence-electron chi connectivity index (χ0n) is 12.9. The van der Waals surface area contributed by atoms with Crippen LogP contribution in [0.5, 0.6) is 0 Å². The molecule has 1 atom stereocenters. The van der Waals surface area contributed by atoms with Crippen LogP contribution in [-0.2, 0) is 14.9 Å². The molecule has 2 aliphatic heterocycles. The Morgan fingerprint density at radius 3 is 2.82 bits per heavy atom. The number of amides is 2. The van der Waals surface area contributed by atoms with E-state index < -0.39 is 11.0 Å². The van der Waals surface area contributed by atoms with Crippen molar-refractivity contribution >= 4 is 33.6 Å². The molecule has 2 amide bonds. The summed E-state index contributed by atoms with van der Waals surface area (Å²) >= 11 is 3.47. The second-order valence-electron chi connectivity index (χ2n) is 6.85. The third-order valence-corrected chi connectivity index (χ3v) is 4.78. The second-order valence-corrected chi connectivity index (χ2v) is 7.70. The molecule has 0 unspecified atom stereocenters. The molecule has 5 nitrogen and oxygen atoms in total. The monoisotopic (exact) mass is 366 g/mol. The molecule has 3 rings (SSSR count). The third-order valence-electron chi connectivity index (χ3n) is 4.12. The maximum Gasteiger partial charge on any atom is 0.410 e. The lowest BCUT2D eigenvalue weighted by Crippen LogP contribution is -2.41. The highest BCUT2D eigenvalue weighted by molar-refractivity contribution is 9.10. The van der Waals surface area contributed by atoms with Gasteiger partial charge in [0.2, 0.25) is 5.91 Å². The van der Waals surface area contributed by atoms with E-state index in [0.29, 0.717) is 19.5 Å². The van der Waals surface area contributed by atoms with E-state index in [1.165, 1.54) is 0 Å². The van der Waals surface area contributed by atoms with E-state index in [-0.39, 0.29) is 12.0 Å². The molecule has 0 aliphatic carbocycles. The zero-order chi connectivity index (χ0) is 16.1. The normalized spacial score (nSPS) is 23.6. The predicted octanol–water partition coefficient (Wildman–Crippen LogP) is 3.28. The summed E-state index contributed by atoms with van der Waals surface area (Å²) in [6.07, 6.45) is 0.252. The molecule has 6 heteroatoms. The molecule has 1 fully saturated rings. The van der Waals surface area contributed by atoms with Gasteiger partial charge in [-0.1, -0.05) is 12.1 Å². The number of ether oxygens (including phenoxy) is 1. The van der Waals surface area contributed by atoms with E-state index >= 15 is 0 Å². The highest BCUT2D eigenvalue weighted by atomic mass is 79.9. The Morgan fingerprint density at radius 2 is 2.14 bits per heavy atom. The fraction of sp³-hybridized carbons (Fsp3) is 0.500. The maximum atomic E-state index is 12.6. The van der Waals surface area contributed by atoms with Gasteiger partial charge in [-0.25, -0.2) is 4.79 Å². The van der Waals surface area contributed by atoms with Crippen molar-refractivity contribution in [3.63, 3.8) is 0 Å².